The molecule has 0 radical (unpaired) electrons. The van der Waals surface area contributed by atoms with Gasteiger partial charge < -0.3 is 0 Å². The molecule has 0 unspecified atom stereocenters. The number of thiophene rings is 1. The van der Waals surface area contributed by atoms with E-state index >= 15 is 0 Å². The van der Waals surface area contributed by atoms with Crippen LogP contribution >= 0.6 is 22.9 Å². The summed E-state index contributed by atoms with van der Waals surface area (Å²) in [6.45, 7) is 4.01. The molecule has 2 aromatic rings. The van der Waals surface area contributed by atoms with Gasteiger partial charge in [0.2, 0.25) is 0 Å². The molecule has 0 spiro atoms. The van der Waals surface area contributed by atoms with Gasteiger partial charge in [-0.1, -0.05) is 11.6 Å². The van der Waals surface area contributed by atoms with Crippen molar-refractivity contribution in [1.82, 2.24) is 0 Å². The summed E-state index contributed by atoms with van der Waals surface area (Å²) in [7, 11) is 0. The van der Waals surface area contributed by atoms with Crippen LogP contribution in [-0.4, -0.2) is 0 Å². The van der Waals surface area contributed by atoms with E-state index in [4.69, 9.17) is 11.6 Å². The first-order valence-electron chi connectivity index (χ1n) is 3.94. The average Bonchev–Trinajstić information content (AvgIpc) is 2.32. The molecule has 0 fully saturated rings. The molecule has 0 saturated heterocycles. The minimum Gasteiger partial charge on any atom is -0.207 e. The summed E-state index contributed by atoms with van der Waals surface area (Å²) in [6, 6.07) is 2.90. The lowest BCUT2D eigenvalue weighted by Gasteiger charge is -1.95. The first-order valence-corrected chi connectivity index (χ1v) is 5.14. The van der Waals surface area contributed by atoms with E-state index in [1.165, 1.54) is 10.9 Å². The van der Waals surface area contributed by atoms with Gasteiger partial charge in [0.1, 0.15) is 5.82 Å². The van der Waals surface area contributed by atoms with Crippen LogP contribution < -0.4 is 0 Å². The topological polar surface area (TPSA) is 0 Å². The molecule has 1 aromatic heterocycles. The highest BCUT2D eigenvalue weighted by Crippen LogP contribution is 2.35. The normalized spacial score (nSPS) is 11.1. The quantitative estimate of drug-likeness (QED) is 0.613. The van der Waals surface area contributed by atoms with Crippen LogP contribution in [0, 0.1) is 19.7 Å². The number of fused-ring (bicyclic) bond motifs is 1. The van der Waals surface area contributed by atoms with Crippen molar-refractivity contribution in [2.24, 2.45) is 0 Å². The highest BCUT2D eigenvalue weighted by atomic mass is 35.5. The monoisotopic (exact) mass is 214 g/mol. The zero-order valence-corrected chi connectivity index (χ0v) is 8.89. The summed E-state index contributed by atoms with van der Waals surface area (Å²) < 4.78 is 14.0. The molecule has 0 aliphatic carbocycles. The van der Waals surface area contributed by atoms with E-state index in [1.54, 1.807) is 17.4 Å². The van der Waals surface area contributed by atoms with E-state index in [2.05, 4.69) is 0 Å². The number of hydrogen-bond acceptors (Lipinski definition) is 1. The van der Waals surface area contributed by atoms with Crippen molar-refractivity contribution in [3.63, 3.8) is 0 Å². The molecule has 0 aliphatic rings. The van der Waals surface area contributed by atoms with Gasteiger partial charge in [-0.05, 0) is 31.5 Å². The molecule has 0 aliphatic heterocycles. The second-order valence-corrected chi connectivity index (χ2v) is 4.68. The van der Waals surface area contributed by atoms with Crippen LogP contribution in [0.1, 0.15) is 10.4 Å². The van der Waals surface area contributed by atoms with Gasteiger partial charge in [0.25, 0.3) is 0 Å². The molecule has 1 heterocycles. The maximum Gasteiger partial charge on any atom is 0.125 e. The van der Waals surface area contributed by atoms with E-state index in [-0.39, 0.29) is 5.82 Å². The largest absolute Gasteiger partial charge is 0.207 e. The maximum atomic E-state index is 13.0. The Hall–Kier alpha value is -0.600. The molecule has 13 heavy (non-hydrogen) atoms. The van der Waals surface area contributed by atoms with Crippen LogP contribution in [0.15, 0.2) is 12.1 Å². The van der Waals surface area contributed by atoms with E-state index in [1.807, 2.05) is 13.8 Å². The third-order valence-corrected chi connectivity index (χ3v) is 3.86. The van der Waals surface area contributed by atoms with E-state index in [9.17, 15) is 4.39 Å². The molecule has 1 aromatic carbocycles. The van der Waals surface area contributed by atoms with Gasteiger partial charge in [-0.3, -0.25) is 0 Å². The van der Waals surface area contributed by atoms with Gasteiger partial charge in [-0.15, -0.1) is 11.3 Å². The molecule has 0 N–H and O–H groups in total. The minimum absolute atomic E-state index is 0.265. The van der Waals surface area contributed by atoms with E-state index in [0.29, 0.717) is 5.02 Å². The van der Waals surface area contributed by atoms with Gasteiger partial charge >= 0.3 is 0 Å². The van der Waals surface area contributed by atoms with Crippen LogP contribution in [0.4, 0.5) is 4.39 Å². The first kappa shape index (κ1) is 8.97. The fourth-order valence-corrected chi connectivity index (χ4v) is 2.73. The molecular formula is C10H8ClFS. The molecule has 0 atom stereocenters. The SMILES string of the molecule is Cc1sc2c(Cl)cc(F)cc2c1C. The summed E-state index contributed by atoms with van der Waals surface area (Å²) >= 11 is 7.53. The predicted octanol–water partition coefficient (Wildman–Crippen LogP) is 4.31. The maximum absolute atomic E-state index is 13.0. The third-order valence-electron chi connectivity index (χ3n) is 2.20. The Morgan fingerprint density at radius 1 is 1.31 bits per heavy atom. The Labute approximate surface area is 85.0 Å². The molecule has 0 amide bonds. The van der Waals surface area contributed by atoms with Crippen molar-refractivity contribution in [2.45, 2.75) is 13.8 Å². The molecule has 0 nitrogen and oxygen atoms in total. The second-order valence-electron chi connectivity index (χ2n) is 3.05. The summed E-state index contributed by atoms with van der Waals surface area (Å²) in [4.78, 5) is 1.20. The van der Waals surface area contributed by atoms with Gasteiger partial charge in [0, 0.05) is 10.3 Å². The fourth-order valence-electron chi connectivity index (χ4n) is 1.36. The minimum atomic E-state index is -0.265. The Balaban J connectivity index is 2.94. The van der Waals surface area contributed by atoms with E-state index in [0.717, 1.165) is 15.6 Å². The van der Waals surface area contributed by atoms with Crippen molar-refractivity contribution in [1.29, 1.82) is 0 Å². The van der Waals surface area contributed by atoms with Crippen molar-refractivity contribution in [3.05, 3.63) is 33.4 Å². The van der Waals surface area contributed by atoms with Crippen LogP contribution in [0.5, 0.6) is 0 Å². The van der Waals surface area contributed by atoms with Gasteiger partial charge in [-0.2, -0.15) is 0 Å². The van der Waals surface area contributed by atoms with Gasteiger partial charge in [-0.25, -0.2) is 4.39 Å². The number of rotatable bonds is 0. The van der Waals surface area contributed by atoms with Crippen LogP contribution in [0.2, 0.25) is 5.02 Å². The Kier molecular flexibility index (Phi) is 2.05. The standard InChI is InChI=1S/C10H8ClFS/c1-5-6(2)13-10-8(5)3-7(12)4-9(10)11/h3-4H,1-2H3. The Bertz CT molecular complexity index is 473. The van der Waals surface area contributed by atoms with Crippen LogP contribution in [0.3, 0.4) is 0 Å². The zero-order valence-electron chi connectivity index (χ0n) is 7.32. The smallest absolute Gasteiger partial charge is 0.125 e. The number of aryl methyl sites for hydroxylation is 2. The Morgan fingerprint density at radius 3 is 2.69 bits per heavy atom. The molecule has 0 saturated carbocycles. The van der Waals surface area contributed by atoms with Gasteiger partial charge in [0.05, 0.1) is 9.72 Å². The van der Waals surface area contributed by atoms with Crippen LogP contribution in [0.25, 0.3) is 10.1 Å². The van der Waals surface area contributed by atoms with Crippen molar-refractivity contribution >= 4 is 33.0 Å². The van der Waals surface area contributed by atoms with Crippen molar-refractivity contribution in [2.75, 3.05) is 0 Å². The molecule has 2 rings (SSSR count). The fraction of sp³-hybridized carbons (Fsp3) is 0.200. The summed E-state index contributed by atoms with van der Waals surface area (Å²) in [6.07, 6.45) is 0. The number of benzene rings is 1. The number of halogens is 2. The number of hydrogen-bond donors (Lipinski definition) is 0. The highest BCUT2D eigenvalue weighted by Gasteiger charge is 2.09. The predicted molar refractivity (Wildman–Crippen MR) is 56.3 cm³/mol. The summed E-state index contributed by atoms with van der Waals surface area (Å²) in [5.74, 6) is -0.265. The van der Waals surface area contributed by atoms with Crippen molar-refractivity contribution in [3.8, 4) is 0 Å². The molecular weight excluding hydrogens is 207 g/mol. The lowest BCUT2D eigenvalue weighted by atomic mass is 10.1. The van der Waals surface area contributed by atoms with Crippen molar-refractivity contribution < 1.29 is 4.39 Å². The average molecular weight is 215 g/mol. The summed E-state index contributed by atoms with van der Waals surface area (Å²) in [5, 5.41) is 1.45. The lowest BCUT2D eigenvalue weighted by Crippen LogP contribution is -1.75. The van der Waals surface area contributed by atoms with Gasteiger partial charge in [0.15, 0.2) is 0 Å². The summed E-state index contributed by atoms with van der Waals surface area (Å²) in [5.41, 5.74) is 1.13. The zero-order chi connectivity index (χ0) is 9.59. The second kappa shape index (κ2) is 2.96. The lowest BCUT2D eigenvalue weighted by molar-refractivity contribution is 0.630. The molecule has 68 valence electrons. The Morgan fingerprint density at radius 2 is 2.00 bits per heavy atom. The third kappa shape index (κ3) is 1.34. The highest BCUT2D eigenvalue weighted by molar-refractivity contribution is 7.19. The van der Waals surface area contributed by atoms with E-state index < -0.39 is 0 Å². The molecule has 3 heteroatoms. The van der Waals surface area contributed by atoms with Crippen LogP contribution in [-0.2, 0) is 0 Å². The first-order chi connectivity index (χ1) is 6.09. The molecule has 0 bridgehead atoms.